The zero-order chi connectivity index (χ0) is 18.9. The highest BCUT2D eigenvalue weighted by Crippen LogP contribution is 2.40. The second-order valence-corrected chi connectivity index (χ2v) is 12.7. The zero-order valence-electron chi connectivity index (χ0n) is 16.8. The Morgan fingerprint density at radius 1 is 0.917 bits per heavy atom. The largest absolute Gasteiger partial charge is 0.540 e. The molecule has 1 heterocycles. The minimum Gasteiger partial charge on any atom is -0.540 e. The third kappa shape index (κ3) is 5.32. The quantitative estimate of drug-likeness (QED) is 0.711. The van der Waals surface area contributed by atoms with E-state index in [2.05, 4.69) is 47.0 Å². The summed E-state index contributed by atoms with van der Waals surface area (Å²) >= 11 is 0. The van der Waals surface area contributed by atoms with Crippen molar-refractivity contribution >= 4 is 18.1 Å². The summed E-state index contributed by atoms with van der Waals surface area (Å²) in [7, 11) is -1.91. The van der Waals surface area contributed by atoms with Gasteiger partial charge in [-0.3, -0.25) is 0 Å². The minimum atomic E-state index is -1.01. The van der Waals surface area contributed by atoms with Gasteiger partial charge < -0.3 is 13.3 Å². The minimum absolute atomic E-state index is 0.240. The van der Waals surface area contributed by atoms with Gasteiger partial charge in [-0.15, -0.1) is 0 Å². The van der Waals surface area contributed by atoms with Crippen LogP contribution in [0.2, 0.25) is 26.2 Å². The molecule has 24 heavy (non-hydrogen) atoms. The maximum atomic E-state index is 12.7. The second-order valence-electron chi connectivity index (χ2n) is 8.61. The maximum absolute atomic E-state index is 12.7. The Morgan fingerprint density at radius 3 is 1.83 bits per heavy atom. The fourth-order valence-corrected chi connectivity index (χ4v) is 3.53. The summed E-state index contributed by atoms with van der Waals surface area (Å²) < 4.78 is 17.8. The summed E-state index contributed by atoms with van der Waals surface area (Å²) in [6.07, 6.45) is 0. The van der Waals surface area contributed by atoms with Crippen molar-refractivity contribution in [2.24, 2.45) is 0 Å². The average Bonchev–Trinajstić information content (AvgIpc) is 2.34. The Labute approximate surface area is 150 Å². The zero-order valence-corrected chi connectivity index (χ0v) is 18.8. The molecule has 136 valence electrons. The van der Waals surface area contributed by atoms with Crippen molar-refractivity contribution in [3.05, 3.63) is 27.3 Å². The van der Waals surface area contributed by atoms with E-state index >= 15 is 0 Å². The average molecular weight is 369 g/mol. The molecule has 1 aromatic heterocycles. The lowest BCUT2D eigenvalue weighted by atomic mass is 9.81. The van der Waals surface area contributed by atoms with E-state index in [-0.39, 0.29) is 23.1 Å². The monoisotopic (exact) mass is 368 g/mol. The van der Waals surface area contributed by atoms with Crippen LogP contribution >= 0.6 is 0 Å². The van der Waals surface area contributed by atoms with E-state index < -0.39 is 18.1 Å². The first-order valence-corrected chi connectivity index (χ1v) is 13.2. The van der Waals surface area contributed by atoms with Crippen LogP contribution in [-0.4, -0.2) is 18.1 Å². The number of hydrogen-bond donors (Lipinski definition) is 0. The maximum Gasteiger partial charge on any atom is 0.341 e. The van der Waals surface area contributed by atoms with Gasteiger partial charge in [0, 0.05) is 11.0 Å². The first-order chi connectivity index (χ1) is 10.7. The van der Waals surface area contributed by atoms with Gasteiger partial charge in [-0.25, -0.2) is 4.79 Å². The van der Waals surface area contributed by atoms with Crippen molar-refractivity contribution in [3.63, 3.8) is 0 Å². The molecule has 0 saturated heterocycles. The molecule has 1 rings (SSSR count). The Bertz CT molecular complexity index is 620. The second kappa shape index (κ2) is 7.58. The molecule has 0 aliphatic rings. The Hall–Kier alpha value is -0.856. The van der Waals surface area contributed by atoms with Crippen LogP contribution in [0.4, 0.5) is 0 Å². The molecule has 0 amide bonds. The molecule has 0 saturated carbocycles. The summed E-state index contributed by atoms with van der Waals surface area (Å²) in [5, 5.41) is 0. The fourth-order valence-electron chi connectivity index (χ4n) is 2.49. The summed E-state index contributed by atoms with van der Waals surface area (Å²) in [6, 6.07) is 0. The van der Waals surface area contributed by atoms with Gasteiger partial charge >= 0.3 is 5.63 Å². The first kappa shape index (κ1) is 21.2. The lowest BCUT2D eigenvalue weighted by Gasteiger charge is -2.30. The van der Waals surface area contributed by atoms with Gasteiger partial charge in [0.25, 0.3) is 9.04 Å². The van der Waals surface area contributed by atoms with E-state index in [0.717, 1.165) is 11.3 Å². The highest BCUT2D eigenvalue weighted by atomic mass is 28.3. The van der Waals surface area contributed by atoms with E-state index in [1.54, 1.807) is 0 Å². The van der Waals surface area contributed by atoms with Gasteiger partial charge in [-0.05, 0) is 31.6 Å². The molecule has 0 fully saturated rings. The number of rotatable bonds is 5. The van der Waals surface area contributed by atoms with Gasteiger partial charge in [0.05, 0.1) is 12.2 Å². The van der Waals surface area contributed by atoms with Gasteiger partial charge in [-0.1, -0.05) is 41.5 Å². The third-order valence-corrected chi connectivity index (χ3v) is 4.75. The molecule has 0 aliphatic heterocycles. The molecule has 0 unspecified atom stereocenters. The van der Waals surface area contributed by atoms with Gasteiger partial charge in [-0.2, -0.15) is 0 Å². The Kier molecular flexibility index (Phi) is 6.69. The van der Waals surface area contributed by atoms with Crippen LogP contribution in [0.5, 0.6) is 5.75 Å². The van der Waals surface area contributed by atoms with Crippen molar-refractivity contribution in [1.82, 2.24) is 0 Å². The SMILES string of the molecule is C[Si](C)OCc1c(C(C)(C)C)c(O[Si](C)C)c(C(C)(C)C)oc1=O. The van der Waals surface area contributed by atoms with Crippen LogP contribution in [0, 0.1) is 0 Å². The summed E-state index contributed by atoms with van der Waals surface area (Å²) in [5.41, 5.74) is 0.671. The van der Waals surface area contributed by atoms with Crippen molar-refractivity contribution in [2.75, 3.05) is 0 Å². The van der Waals surface area contributed by atoms with E-state index in [1.807, 2.05) is 20.8 Å². The molecule has 0 bridgehead atoms. The fraction of sp³-hybridized carbons (Fsp3) is 0.722. The molecule has 0 aromatic carbocycles. The van der Waals surface area contributed by atoms with Crippen molar-refractivity contribution < 1.29 is 13.3 Å². The Balaban J connectivity index is 3.76. The Morgan fingerprint density at radius 2 is 1.46 bits per heavy atom. The van der Waals surface area contributed by atoms with Crippen molar-refractivity contribution in [1.29, 1.82) is 0 Å². The summed E-state index contributed by atoms with van der Waals surface area (Å²) in [5.74, 6) is 1.37. The van der Waals surface area contributed by atoms with Gasteiger partial charge in [0.15, 0.2) is 5.76 Å². The molecule has 0 aliphatic carbocycles. The van der Waals surface area contributed by atoms with Crippen LogP contribution in [-0.2, 0) is 21.9 Å². The predicted octanol–water partition coefficient (Wildman–Crippen LogP) is 4.63. The standard InChI is InChI=1S/C18H32O4Si2/c1-17(2,3)13-12(11-20-23(7)8)16(19)21-15(18(4,5)6)14(13)22-24(9)10/h11H2,1-10H3. The highest BCUT2D eigenvalue weighted by molar-refractivity contribution is 6.49. The lowest BCUT2D eigenvalue weighted by Crippen LogP contribution is -2.30. The van der Waals surface area contributed by atoms with Crippen LogP contribution in [0.3, 0.4) is 0 Å². The summed E-state index contributed by atoms with van der Waals surface area (Å²) in [4.78, 5) is 12.7. The van der Waals surface area contributed by atoms with E-state index in [0.29, 0.717) is 11.3 Å². The summed E-state index contributed by atoms with van der Waals surface area (Å²) in [6.45, 7) is 21.0. The third-order valence-electron chi connectivity index (χ3n) is 3.42. The number of hydrogen-bond acceptors (Lipinski definition) is 4. The molecule has 0 N–H and O–H groups in total. The van der Waals surface area contributed by atoms with Gasteiger partial charge in [0.2, 0.25) is 9.04 Å². The first-order valence-electron chi connectivity index (χ1n) is 8.37. The molecule has 2 radical (unpaired) electrons. The molecular weight excluding hydrogens is 336 g/mol. The van der Waals surface area contributed by atoms with Crippen molar-refractivity contribution in [3.8, 4) is 5.75 Å². The molecule has 0 spiro atoms. The normalized spacial score (nSPS) is 13.0. The van der Waals surface area contributed by atoms with Crippen LogP contribution < -0.4 is 10.1 Å². The highest BCUT2D eigenvalue weighted by Gasteiger charge is 2.34. The lowest BCUT2D eigenvalue weighted by molar-refractivity contribution is 0.286. The topological polar surface area (TPSA) is 48.7 Å². The van der Waals surface area contributed by atoms with Crippen molar-refractivity contribution in [2.45, 2.75) is 85.2 Å². The molecule has 0 atom stereocenters. The van der Waals surface area contributed by atoms with E-state index in [9.17, 15) is 4.79 Å². The smallest absolute Gasteiger partial charge is 0.341 e. The molecule has 1 aromatic rings. The van der Waals surface area contributed by atoms with Crippen LogP contribution in [0.1, 0.15) is 58.4 Å². The molecule has 4 nitrogen and oxygen atoms in total. The van der Waals surface area contributed by atoms with E-state index in [4.69, 9.17) is 13.3 Å². The predicted molar refractivity (Wildman–Crippen MR) is 103 cm³/mol. The molecule has 6 heteroatoms. The van der Waals surface area contributed by atoms with Gasteiger partial charge in [0.1, 0.15) is 5.75 Å². The molecular formula is C18H32O4Si2. The van der Waals surface area contributed by atoms with Crippen LogP contribution in [0.25, 0.3) is 0 Å². The van der Waals surface area contributed by atoms with Crippen LogP contribution in [0.15, 0.2) is 9.21 Å². The van der Waals surface area contributed by atoms with E-state index in [1.165, 1.54) is 0 Å².